The van der Waals surface area contributed by atoms with Crippen LogP contribution in [0.5, 0.6) is 0 Å². The van der Waals surface area contributed by atoms with Crippen molar-refractivity contribution < 1.29 is 13.2 Å². The third kappa shape index (κ3) is 6.02. The van der Waals surface area contributed by atoms with Crippen LogP contribution in [-0.2, 0) is 14.8 Å². The Labute approximate surface area is 114 Å². The summed E-state index contributed by atoms with van der Waals surface area (Å²) in [4.78, 5) is 13.5. The van der Waals surface area contributed by atoms with Crippen LogP contribution in [0.25, 0.3) is 0 Å². The summed E-state index contributed by atoms with van der Waals surface area (Å²) in [6.45, 7) is 1.81. The third-order valence-corrected chi connectivity index (χ3v) is 4.65. The second-order valence-corrected chi connectivity index (χ2v) is 6.75. The molecule has 1 saturated heterocycles. The van der Waals surface area contributed by atoms with Crippen LogP contribution in [0.2, 0.25) is 0 Å². The van der Waals surface area contributed by atoms with Gasteiger partial charge in [-0.1, -0.05) is 0 Å². The van der Waals surface area contributed by atoms with E-state index in [0.29, 0.717) is 18.7 Å². The number of alkyl halides is 1. The van der Waals surface area contributed by atoms with Gasteiger partial charge >= 0.3 is 0 Å². The number of rotatable bonds is 8. The minimum Gasteiger partial charge on any atom is -0.343 e. The number of carbonyl (C=O) groups is 1. The van der Waals surface area contributed by atoms with Gasteiger partial charge in [0.15, 0.2) is 0 Å². The highest BCUT2D eigenvalue weighted by molar-refractivity contribution is 7.89. The van der Waals surface area contributed by atoms with Gasteiger partial charge in [0, 0.05) is 31.9 Å². The number of nitrogens with zero attached hydrogens (tertiary/aromatic N) is 1. The van der Waals surface area contributed by atoms with E-state index in [2.05, 4.69) is 4.72 Å². The molecule has 5 nitrogen and oxygen atoms in total. The first kappa shape index (κ1) is 15.7. The SMILES string of the molecule is O=C(CCNS(=O)(=O)CCCCCl)N1CCCC1. The van der Waals surface area contributed by atoms with Crippen LogP contribution in [-0.4, -0.2) is 50.5 Å². The number of amides is 1. The van der Waals surface area contributed by atoms with Crippen molar-refractivity contribution in [2.75, 3.05) is 31.3 Å². The van der Waals surface area contributed by atoms with Gasteiger partial charge in [-0.05, 0) is 25.7 Å². The highest BCUT2D eigenvalue weighted by Gasteiger charge is 2.18. The average molecular weight is 297 g/mol. The molecule has 0 aromatic heterocycles. The summed E-state index contributed by atoms with van der Waals surface area (Å²) in [6.07, 6.45) is 3.59. The van der Waals surface area contributed by atoms with E-state index in [9.17, 15) is 13.2 Å². The zero-order valence-electron chi connectivity index (χ0n) is 10.5. The van der Waals surface area contributed by atoms with Gasteiger partial charge in [-0.25, -0.2) is 13.1 Å². The molecule has 0 radical (unpaired) electrons. The Balaban J connectivity index is 2.17. The standard InChI is InChI=1S/C11H21ClN2O3S/c12-6-1-4-10-18(16,17)13-7-5-11(15)14-8-2-3-9-14/h13H,1-10H2. The Hall–Kier alpha value is -0.330. The molecule has 0 unspecified atom stereocenters. The molecule has 0 aromatic carbocycles. The molecule has 0 aliphatic carbocycles. The largest absolute Gasteiger partial charge is 0.343 e. The van der Waals surface area contributed by atoms with Crippen molar-refractivity contribution >= 4 is 27.5 Å². The number of halogens is 1. The van der Waals surface area contributed by atoms with E-state index in [-0.39, 0.29) is 24.6 Å². The maximum absolute atomic E-state index is 11.7. The summed E-state index contributed by atoms with van der Waals surface area (Å²) in [5, 5.41) is 0. The fraction of sp³-hybridized carbons (Fsp3) is 0.909. The second-order valence-electron chi connectivity index (χ2n) is 4.45. The van der Waals surface area contributed by atoms with Crippen molar-refractivity contribution in [3.63, 3.8) is 0 Å². The molecule has 0 saturated carbocycles. The zero-order chi connectivity index (χ0) is 13.4. The number of nitrogens with one attached hydrogen (secondary N) is 1. The van der Waals surface area contributed by atoms with Crippen molar-refractivity contribution in [3.8, 4) is 0 Å². The Morgan fingerprint density at radius 3 is 2.50 bits per heavy atom. The predicted molar refractivity (Wildman–Crippen MR) is 72.2 cm³/mol. The first-order valence-corrected chi connectivity index (χ1v) is 8.55. The lowest BCUT2D eigenvalue weighted by atomic mass is 10.4. The number of unbranched alkanes of at least 4 members (excludes halogenated alkanes) is 1. The van der Waals surface area contributed by atoms with Crippen LogP contribution in [0.15, 0.2) is 0 Å². The number of hydrogen-bond donors (Lipinski definition) is 1. The van der Waals surface area contributed by atoms with E-state index in [0.717, 1.165) is 25.9 Å². The Bertz CT molecular complexity index is 353. The van der Waals surface area contributed by atoms with Crippen LogP contribution in [0.3, 0.4) is 0 Å². The molecule has 1 aliphatic rings. The van der Waals surface area contributed by atoms with Crippen LogP contribution in [0.4, 0.5) is 0 Å². The molecule has 1 amide bonds. The van der Waals surface area contributed by atoms with Crippen LogP contribution >= 0.6 is 11.6 Å². The molecule has 18 heavy (non-hydrogen) atoms. The first-order valence-electron chi connectivity index (χ1n) is 6.36. The van der Waals surface area contributed by atoms with E-state index in [1.54, 1.807) is 4.90 Å². The lowest BCUT2D eigenvalue weighted by Crippen LogP contribution is -2.33. The van der Waals surface area contributed by atoms with Gasteiger partial charge < -0.3 is 4.90 Å². The molecule has 0 spiro atoms. The van der Waals surface area contributed by atoms with Crippen molar-refractivity contribution in [1.29, 1.82) is 0 Å². The Morgan fingerprint density at radius 2 is 1.89 bits per heavy atom. The topological polar surface area (TPSA) is 66.5 Å². The summed E-state index contributed by atoms with van der Waals surface area (Å²) >= 11 is 5.48. The molecule has 1 aliphatic heterocycles. The van der Waals surface area contributed by atoms with E-state index in [4.69, 9.17) is 11.6 Å². The normalized spacial score (nSPS) is 16.2. The van der Waals surface area contributed by atoms with Crippen molar-refractivity contribution in [3.05, 3.63) is 0 Å². The molecule has 1 N–H and O–H groups in total. The maximum atomic E-state index is 11.7. The van der Waals surface area contributed by atoms with Gasteiger partial charge in [0.1, 0.15) is 0 Å². The summed E-state index contributed by atoms with van der Waals surface area (Å²) in [6, 6.07) is 0. The Morgan fingerprint density at radius 1 is 1.22 bits per heavy atom. The van der Waals surface area contributed by atoms with Gasteiger partial charge in [0.2, 0.25) is 15.9 Å². The monoisotopic (exact) mass is 296 g/mol. The van der Waals surface area contributed by atoms with Crippen molar-refractivity contribution in [2.45, 2.75) is 32.1 Å². The second kappa shape index (κ2) is 7.96. The number of hydrogen-bond acceptors (Lipinski definition) is 3. The zero-order valence-corrected chi connectivity index (χ0v) is 12.1. The van der Waals surface area contributed by atoms with Gasteiger partial charge in [-0.2, -0.15) is 0 Å². The van der Waals surface area contributed by atoms with Crippen LogP contribution in [0.1, 0.15) is 32.1 Å². The summed E-state index contributed by atoms with van der Waals surface area (Å²) in [5.41, 5.74) is 0. The molecular weight excluding hydrogens is 276 g/mol. The molecule has 106 valence electrons. The molecule has 7 heteroatoms. The fourth-order valence-electron chi connectivity index (χ4n) is 1.90. The molecule has 1 fully saturated rings. The highest BCUT2D eigenvalue weighted by Crippen LogP contribution is 2.08. The summed E-state index contributed by atoms with van der Waals surface area (Å²) in [5.74, 6) is 0.594. The van der Waals surface area contributed by atoms with Gasteiger partial charge in [-0.3, -0.25) is 4.79 Å². The number of sulfonamides is 1. The number of likely N-dealkylation sites (tertiary alicyclic amines) is 1. The lowest BCUT2D eigenvalue weighted by molar-refractivity contribution is -0.129. The summed E-state index contributed by atoms with van der Waals surface area (Å²) < 4.78 is 25.5. The van der Waals surface area contributed by atoms with Crippen LogP contribution in [0, 0.1) is 0 Å². The third-order valence-electron chi connectivity index (χ3n) is 2.92. The van der Waals surface area contributed by atoms with E-state index in [1.807, 2.05) is 0 Å². The molecular formula is C11H21ClN2O3S. The van der Waals surface area contributed by atoms with Gasteiger partial charge in [0.05, 0.1) is 5.75 Å². The van der Waals surface area contributed by atoms with Crippen LogP contribution < -0.4 is 4.72 Å². The van der Waals surface area contributed by atoms with Crippen molar-refractivity contribution in [1.82, 2.24) is 9.62 Å². The van der Waals surface area contributed by atoms with Crippen molar-refractivity contribution in [2.24, 2.45) is 0 Å². The average Bonchev–Trinajstić information content (AvgIpc) is 2.82. The Kier molecular flexibility index (Phi) is 6.96. The molecule has 1 heterocycles. The maximum Gasteiger partial charge on any atom is 0.223 e. The van der Waals surface area contributed by atoms with E-state index >= 15 is 0 Å². The smallest absolute Gasteiger partial charge is 0.223 e. The minimum absolute atomic E-state index is 0.0379. The number of carbonyl (C=O) groups excluding carboxylic acids is 1. The van der Waals surface area contributed by atoms with Gasteiger partial charge in [0.25, 0.3) is 0 Å². The molecule has 0 aromatic rings. The molecule has 0 atom stereocenters. The predicted octanol–water partition coefficient (Wildman–Crippen LogP) is 0.937. The molecule has 0 bridgehead atoms. The lowest BCUT2D eigenvalue weighted by Gasteiger charge is -2.15. The molecule has 1 rings (SSSR count). The highest BCUT2D eigenvalue weighted by atomic mass is 35.5. The summed E-state index contributed by atoms with van der Waals surface area (Å²) in [7, 11) is -3.25. The van der Waals surface area contributed by atoms with Gasteiger partial charge in [-0.15, -0.1) is 11.6 Å². The fourth-order valence-corrected chi connectivity index (χ4v) is 3.23. The quantitative estimate of drug-likeness (QED) is 0.535. The minimum atomic E-state index is -3.25. The van der Waals surface area contributed by atoms with E-state index < -0.39 is 10.0 Å². The first-order chi connectivity index (χ1) is 8.55. The van der Waals surface area contributed by atoms with E-state index in [1.165, 1.54) is 0 Å².